The minimum Gasteiger partial charge on any atom is -0.493 e. The van der Waals surface area contributed by atoms with Crippen molar-refractivity contribution in [1.29, 1.82) is 5.26 Å². The molecule has 20 heavy (non-hydrogen) atoms. The number of primary amides is 1. The smallest absolute Gasteiger partial charge is 0.259 e. The fourth-order valence-corrected chi connectivity index (χ4v) is 2.07. The number of carbonyl (C=O) groups excluding carboxylic acids is 1. The van der Waals surface area contributed by atoms with Gasteiger partial charge in [-0.2, -0.15) is 5.26 Å². The summed E-state index contributed by atoms with van der Waals surface area (Å²) in [6.07, 6.45) is 2.27. The van der Waals surface area contributed by atoms with Crippen LogP contribution in [0.3, 0.4) is 0 Å². The molecule has 0 unspecified atom stereocenters. The van der Waals surface area contributed by atoms with Gasteiger partial charge in [0, 0.05) is 0 Å². The van der Waals surface area contributed by atoms with Crippen molar-refractivity contribution < 1.29 is 14.3 Å². The van der Waals surface area contributed by atoms with Gasteiger partial charge in [0.25, 0.3) is 5.91 Å². The van der Waals surface area contributed by atoms with Crippen LogP contribution in [0, 0.1) is 11.3 Å². The number of methoxy groups -OCH3 is 1. The lowest BCUT2D eigenvalue weighted by molar-refractivity contribution is -0.114. The Hall–Kier alpha value is -2.00. The molecule has 0 radical (unpaired) electrons. The summed E-state index contributed by atoms with van der Waals surface area (Å²) < 4.78 is 11.5. The first-order chi connectivity index (χ1) is 9.53. The second-order valence-electron chi connectivity index (χ2n) is 3.92. The average molecular weight is 339 g/mol. The Morgan fingerprint density at radius 1 is 1.55 bits per heavy atom. The first-order valence-corrected chi connectivity index (χ1v) is 6.74. The van der Waals surface area contributed by atoms with E-state index in [2.05, 4.69) is 15.9 Å². The number of hydrogen-bond acceptors (Lipinski definition) is 4. The molecule has 106 valence electrons. The molecule has 0 aliphatic heterocycles. The van der Waals surface area contributed by atoms with Gasteiger partial charge >= 0.3 is 0 Å². The number of benzene rings is 1. The summed E-state index contributed by atoms with van der Waals surface area (Å²) in [5.41, 5.74) is 5.60. The average Bonchev–Trinajstić information content (AvgIpc) is 2.42. The van der Waals surface area contributed by atoms with E-state index >= 15 is 0 Å². The molecule has 5 nitrogen and oxygen atoms in total. The molecule has 1 rings (SSSR count). The first kappa shape index (κ1) is 16.1. The summed E-state index contributed by atoms with van der Waals surface area (Å²) in [6, 6.07) is 5.16. The Balaban J connectivity index is 3.23. The molecular formula is C14H15BrN2O3. The van der Waals surface area contributed by atoms with Crippen LogP contribution in [0.2, 0.25) is 0 Å². The van der Waals surface area contributed by atoms with Crippen LogP contribution in [0.1, 0.15) is 18.9 Å². The minimum atomic E-state index is -0.770. The SMILES string of the molecule is CCCOc1c(Br)cc(/C=C(/C#N)C(N)=O)cc1OC. The summed E-state index contributed by atoms with van der Waals surface area (Å²) in [7, 11) is 1.52. The lowest BCUT2D eigenvalue weighted by Crippen LogP contribution is -2.12. The third-order valence-electron chi connectivity index (χ3n) is 2.40. The maximum atomic E-state index is 11.0. The van der Waals surface area contributed by atoms with Gasteiger partial charge in [-0.3, -0.25) is 4.79 Å². The van der Waals surface area contributed by atoms with Gasteiger partial charge in [-0.25, -0.2) is 0 Å². The van der Waals surface area contributed by atoms with E-state index < -0.39 is 5.91 Å². The second kappa shape index (κ2) is 7.56. The highest BCUT2D eigenvalue weighted by Gasteiger charge is 2.12. The van der Waals surface area contributed by atoms with E-state index in [0.29, 0.717) is 28.1 Å². The normalized spacial score (nSPS) is 10.8. The summed E-state index contributed by atoms with van der Waals surface area (Å²) in [5, 5.41) is 8.84. The summed E-state index contributed by atoms with van der Waals surface area (Å²) in [6.45, 7) is 2.57. The molecule has 0 saturated carbocycles. The third kappa shape index (κ3) is 4.00. The van der Waals surface area contributed by atoms with Crippen molar-refractivity contribution in [2.24, 2.45) is 5.73 Å². The van der Waals surface area contributed by atoms with Crippen LogP contribution in [-0.2, 0) is 4.79 Å². The molecule has 0 atom stereocenters. The molecule has 1 amide bonds. The van der Waals surface area contributed by atoms with Gasteiger partial charge < -0.3 is 15.2 Å². The molecule has 2 N–H and O–H groups in total. The number of halogens is 1. The fourth-order valence-electron chi connectivity index (χ4n) is 1.49. The van der Waals surface area contributed by atoms with Crippen LogP contribution in [0.5, 0.6) is 11.5 Å². The van der Waals surface area contributed by atoms with Crippen LogP contribution < -0.4 is 15.2 Å². The lowest BCUT2D eigenvalue weighted by Gasteiger charge is -2.13. The van der Waals surface area contributed by atoms with Crippen LogP contribution in [-0.4, -0.2) is 19.6 Å². The van der Waals surface area contributed by atoms with Gasteiger partial charge in [-0.1, -0.05) is 6.92 Å². The number of amides is 1. The number of nitrogens with zero attached hydrogens (tertiary/aromatic N) is 1. The van der Waals surface area contributed by atoms with Crippen molar-refractivity contribution in [3.63, 3.8) is 0 Å². The molecule has 0 heterocycles. The predicted octanol–water partition coefficient (Wildman–Crippen LogP) is 2.64. The summed E-state index contributed by atoms with van der Waals surface area (Å²) >= 11 is 3.38. The zero-order chi connectivity index (χ0) is 15.1. The van der Waals surface area contributed by atoms with Crippen LogP contribution in [0.4, 0.5) is 0 Å². The van der Waals surface area contributed by atoms with Crippen molar-refractivity contribution in [3.05, 3.63) is 27.7 Å². The molecule has 0 aliphatic rings. The fraction of sp³-hybridized carbons (Fsp3) is 0.286. The summed E-state index contributed by atoms with van der Waals surface area (Å²) in [5.74, 6) is 0.332. The van der Waals surface area contributed by atoms with Gasteiger partial charge in [0.15, 0.2) is 11.5 Å². The maximum absolute atomic E-state index is 11.0. The van der Waals surface area contributed by atoms with Crippen molar-refractivity contribution in [1.82, 2.24) is 0 Å². The van der Waals surface area contributed by atoms with Crippen molar-refractivity contribution in [2.75, 3.05) is 13.7 Å². The van der Waals surface area contributed by atoms with Crippen molar-refractivity contribution in [3.8, 4) is 17.6 Å². The molecule has 1 aromatic rings. The highest BCUT2D eigenvalue weighted by atomic mass is 79.9. The molecule has 0 spiro atoms. The first-order valence-electron chi connectivity index (χ1n) is 5.95. The van der Waals surface area contributed by atoms with E-state index in [-0.39, 0.29) is 5.57 Å². The van der Waals surface area contributed by atoms with Gasteiger partial charge in [-0.15, -0.1) is 0 Å². The molecule has 0 aliphatic carbocycles. The Morgan fingerprint density at radius 3 is 2.75 bits per heavy atom. The van der Waals surface area contributed by atoms with E-state index in [1.54, 1.807) is 18.2 Å². The Bertz CT molecular complexity index is 577. The van der Waals surface area contributed by atoms with Crippen molar-refractivity contribution in [2.45, 2.75) is 13.3 Å². The van der Waals surface area contributed by atoms with Crippen LogP contribution in [0.25, 0.3) is 6.08 Å². The van der Waals surface area contributed by atoms with Crippen LogP contribution in [0.15, 0.2) is 22.2 Å². The van der Waals surface area contributed by atoms with E-state index in [1.165, 1.54) is 13.2 Å². The number of nitriles is 1. The molecule has 6 heteroatoms. The number of carbonyl (C=O) groups is 1. The number of nitrogens with two attached hydrogens (primary N) is 1. The zero-order valence-corrected chi connectivity index (χ0v) is 12.9. The van der Waals surface area contributed by atoms with E-state index in [4.69, 9.17) is 20.5 Å². The zero-order valence-electron chi connectivity index (χ0n) is 11.3. The van der Waals surface area contributed by atoms with Gasteiger partial charge in [-0.05, 0) is 46.1 Å². The maximum Gasteiger partial charge on any atom is 0.259 e. The summed E-state index contributed by atoms with van der Waals surface area (Å²) in [4.78, 5) is 11.0. The van der Waals surface area contributed by atoms with E-state index in [1.807, 2.05) is 6.92 Å². The molecule has 1 aromatic carbocycles. The highest BCUT2D eigenvalue weighted by Crippen LogP contribution is 2.37. The number of hydrogen-bond donors (Lipinski definition) is 1. The van der Waals surface area contributed by atoms with Crippen molar-refractivity contribution >= 4 is 27.9 Å². The number of rotatable bonds is 6. The van der Waals surface area contributed by atoms with Crippen LogP contribution >= 0.6 is 15.9 Å². The minimum absolute atomic E-state index is 0.124. The van der Waals surface area contributed by atoms with Gasteiger partial charge in [0.05, 0.1) is 18.2 Å². The van der Waals surface area contributed by atoms with Gasteiger partial charge in [0.2, 0.25) is 0 Å². The molecule has 0 aromatic heterocycles. The Labute approximate surface area is 126 Å². The molecule has 0 saturated heterocycles. The Kier molecular flexibility index (Phi) is 6.07. The highest BCUT2D eigenvalue weighted by molar-refractivity contribution is 9.10. The molecular weight excluding hydrogens is 324 g/mol. The third-order valence-corrected chi connectivity index (χ3v) is 2.99. The standard InChI is InChI=1S/C14H15BrN2O3/c1-3-4-20-13-11(15)6-9(7-12(13)19-2)5-10(8-16)14(17)18/h5-7H,3-4H2,1-2H3,(H2,17,18)/b10-5-. The molecule has 0 bridgehead atoms. The second-order valence-corrected chi connectivity index (χ2v) is 4.77. The predicted molar refractivity (Wildman–Crippen MR) is 79.3 cm³/mol. The quantitative estimate of drug-likeness (QED) is 0.638. The molecule has 0 fully saturated rings. The topological polar surface area (TPSA) is 85.3 Å². The Morgan fingerprint density at radius 2 is 2.25 bits per heavy atom. The van der Waals surface area contributed by atoms with E-state index in [0.717, 1.165) is 6.42 Å². The van der Waals surface area contributed by atoms with E-state index in [9.17, 15) is 4.79 Å². The van der Waals surface area contributed by atoms with Gasteiger partial charge in [0.1, 0.15) is 11.6 Å². The lowest BCUT2D eigenvalue weighted by atomic mass is 10.1. The number of ether oxygens (including phenoxy) is 2. The largest absolute Gasteiger partial charge is 0.493 e. The monoisotopic (exact) mass is 338 g/mol.